The lowest BCUT2D eigenvalue weighted by molar-refractivity contribution is 0.0944. The minimum Gasteiger partial charge on any atom is -0.349 e. The molecule has 1 amide bonds. The normalized spacial score (nSPS) is 12.8. The van der Waals surface area contributed by atoms with Gasteiger partial charge in [-0.2, -0.15) is 5.10 Å². The van der Waals surface area contributed by atoms with E-state index in [9.17, 15) is 4.79 Å². The Kier molecular flexibility index (Phi) is 4.49. The number of carbonyl (C=O) groups excluding carboxylic acids is 1. The summed E-state index contributed by atoms with van der Waals surface area (Å²) >= 11 is 0. The Bertz CT molecular complexity index is 346. The van der Waals surface area contributed by atoms with E-state index in [0.29, 0.717) is 18.2 Å². The fourth-order valence-electron chi connectivity index (χ4n) is 1.54. The number of amides is 1. The van der Waals surface area contributed by atoms with Gasteiger partial charge in [0.1, 0.15) is 5.69 Å². The number of rotatable bonds is 5. The number of hydrogen-bond donors (Lipinski definition) is 2. The molecule has 0 fully saturated rings. The maximum Gasteiger partial charge on any atom is 0.271 e. The molecule has 5 heteroatoms. The lowest BCUT2D eigenvalue weighted by Gasteiger charge is -2.14. The van der Waals surface area contributed by atoms with Gasteiger partial charge in [0.25, 0.3) is 5.91 Å². The van der Waals surface area contributed by atoms with E-state index >= 15 is 0 Å². The molecule has 1 unspecified atom stereocenters. The molecule has 1 aromatic heterocycles. The van der Waals surface area contributed by atoms with Crippen molar-refractivity contribution in [2.75, 3.05) is 6.54 Å². The smallest absolute Gasteiger partial charge is 0.271 e. The van der Waals surface area contributed by atoms with E-state index in [4.69, 9.17) is 5.73 Å². The molecule has 0 saturated heterocycles. The lowest BCUT2D eigenvalue weighted by atomic mass is 10.0. The molecule has 1 rings (SSSR count). The molecule has 90 valence electrons. The fourth-order valence-corrected chi connectivity index (χ4v) is 1.54. The van der Waals surface area contributed by atoms with Crippen LogP contribution in [-0.4, -0.2) is 28.3 Å². The van der Waals surface area contributed by atoms with Crippen molar-refractivity contribution in [1.82, 2.24) is 15.1 Å². The summed E-state index contributed by atoms with van der Waals surface area (Å²) in [7, 11) is 1.78. The number of nitrogens with two attached hydrogens (primary N) is 1. The summed E-state index contributed by atoms with van der Waals surface area (Å²) < 4.78 is 1.60. The van der Waals surface area contributed by atoms with E-state index in [-0.39, 0.29) is 11.9 Å². The minimum absolute atomic E-state index is 0.00709. The van der Waals surface area contributed by atoms with Crippen LogP contribution in [0.4, 0.5) is 0 Å². The maximum atomic E-state index is 11.6. The van der Waals surface area contributed by atoms with Crippen LogP contribution in [0, 0.1) is 5.92 Å². The van der Waals surface area contributed by atoms with Crippen molar-refractivity contribution in [3.05, 3.63) is 18.0 Å². The van der Waals surface area contributed by atoms with E-state index in [0.717, 1.165) is 6.42 Å². The van der Waals surface area contributed by atoms with Gasteiger partial charge < -0.3 is 11.1 Å². The Morgan fingerprint density at radius 1 is 1.62 bits per heavy atom. The van der Waals surface area contributed by atoms with Gasteiger partial charge in [-0.1, -0.05) is 13.8 Å². The molecule has 0 saturated carbocycles. The molecule has 0 spiro atoms. The second kappa shape index (κ2) is 5.65. The summed E-state index contributed by atoms with van der Waals surface area (Å²) in [6.07, 6.45) is 2.64. The molecular formula is C11H20N4O. The highest BCUT2D eigenvalue weighted by Gasteiger charge is 2.11. The van der Waals surface area contributed by atoms with Gasteiger partial charge in [-0.25, -0.2) is 0 Å². The van der Waals surface area contributed by atoms with Gasteiger partial charge in [-0.3, -0.25) is 9.48 Å². The van der Waals surface area contributed by atoms with Gasteiger partial charge in [-0.15, -0.1) is 0 Å². The van der Waals surface area contributed by atoms with Crippen LogP contribution >= 0.6 is 0 Å². The third kappa shape index (κ3) is 4.02. The summed E-state index contributed by atoms with van der Waals surface area (Å²) in [4.78, 5) is 11.6. The van der Waals surface area contributed by atoms with Gasteiger partial charge in [0.2, 0.25) is 0 Å². The molecule has 0 radical (unpaired) electrons. The third-order valence-corrected chi connectivity index (χ3v) is 2.25. The second-order valence-electron chi connectivity index (χ2n) is 4.47. The Morgan fingerprint density at radius 2 is 2.31 bits per heavy atom. The highest BCUT2D eigenvalue weighted by molar-refractivity contribution is 5.92. The van der Waals surface area contributed by atoms with Gasteiger partial charge in [0, 0.05) is 25.8 Å². The van der Waals surface area contributed by atoms with E-state index in [1.54, 1.807) is 24.0 Å². The first-order valence-corrected chi connectivity index (χ1v) is 5.52. The van der Waals surface area contributed by atoms with E-state index in [1.807, 2.05) is 0 Å². The summed E-state index contributed by atoms with van der Waals surface area (Å²) in [6, 6.07) is 1.69. The zero-order valence-corrected chi connectivity index (χ0v) is 10.1. The first-order valence-electron chi connectivity index (χ1n) is 5.52. The summed E-state index contributed by atoms with van der Waals surface area (Å²) in [5, 5.41) is 6.79. The third-order valence-electron chi connectivity index (χ3n) is 2.25. The molecule has 1 aromatic rings. The largest absolute Gasteiger partial charge is 0.349 e. The van der Waals surface area contributed by atoms with Crippen LogP contribution in [0.2, 0.25) is 0 Å². The van der Waals surface area contributed by atoms with Crippen molar-refractivity contribution in [1.29, 1.82) is 0 Å². The van der Waals surface area contributed by atoms with Crippen LogP contribution in [-0.2, 0) is 7.05 Å². The standard InChI is InChI=1S/C11H20N4O/c1-8(2)6-9(12)7-13-11(16)10-4-5-15(3)14-10/h4-5,8-9H,6-7,12H2,1-3H3,(H,13,16). The van der Waals surface area contributed by atoms with Crippen molar-refractivity contribution < 1.29 is 4.79 Å². The predicted octanol–water partition coefficient (Wildman–Crippen LogP) is 0.523. The number of aryl methyl sites for hydroxylation is 1. The lowest BCUT2D eigenvalue weighted by Crippen LogP contribution is -2.38. The highest BCUT2D eigenvalue weighted by atomic mass is 16.1. The fraction of sp³-hybridized carbons (Fsp3) is 0.636. The topological polar surface area (TPSA) is 72.9 Å². The van der Waals surface area contributed by atoms with Gasteiger partial charge in [0.15, 0.2) is 0 Å². The first-order chi connectivity index (χ1) is 7.49. The van der Waals surface area contributed by atoms with Crippen molar-refractivity contribution in [2.45, 2.75) is 26.3 Å². The molecule has 0 aliphatic carbocycles. The van der Waals surface area contributed by atoms with Crippen LogP contribution in [0.15, 0.2) is 12.3 Å². The van der Waals surface area contributed by atoms with Crippen LogP contribution < -0.4 is 11.1 Å². The molecule has 0 aliphatic heterocycles. The predicted molar refractivity (Wildman–Crippen MR) is 63.0 cm³/mol. The number of hydrogen-bond acceptors (Lipinski definition) is 3. The molecule has 1 atom stereocenters. The van der Waals surface area contributed by atoms with Crippen molar-refractivity contribution in [3.8, 4) is 0 Å². The van der Waals surface area contributed by atoms with Crippen LogP contribution in [0.3, 0.4) is 0 Å². The van der Waals surface area contributed by atoms with Crippen molar-refractivity contribution in [2.24, 2.45) is 18.7 Å². The summed E-state index contributed by atoms with van der Waals surface area (Å²) in [5.41, 5.74) is 6.30. The van der Waals surface area contributed by atoms with Gasteiger partial charge in [-0.05, 0) is 18.4 Å². The quantitative estimate of drug-likeness (QED) is 0.766. The zero-order valence-electron chi connectivity index (χ0n) is 10.1. The van der Waals surface area contributed by atoms with Crippen LogP contribution in [0.25, 0.3) is 0 Å². The summed E-state index contributed by atoms with van der Waals surface area (Å²) in [5.74, 6) is 0.376. The van der Waals surface area contributed by atoms with Crippen molar-refractivity contribution >= 4 is 5.91 Å². The van der Waals surface area contributed by atoms with Crippen LogP contribution in [0.1, 0.15) is 30.8 Å². The molecule has 0 aromatic carbocycles. The van der Waals surface area contributed by atoms with E-state index in [2.05, 4.69) is 24.3 Å². The monoisotopic (exact) mass is 224 g/mol. The molecular weight excluding hydrogens is 204 g/mol. The average Bonchev–Trinajstić information content (AvgIpc) is 2.60. The molecule has 3 N–H and O–H groups in total. The van der Waals surface area contributed by atoms with Gasteiger partial charge >= 0.3 is 0 Å². The SMILES string of the molecule is CC(C)CC(N)CNC(=O)c1ccn(C)n1. The Labute approximate surface area is 96.0 Å². The molecule has 1 heterocycles. The number of carbonyl (C=O) groups is 1. The number of nitrogens with one attached hydrogen (secondary N) is 1. The molecule has 5 nitrogen and oxygen atoms in total. The van der Waals surface area contributed by atoms with Crippen LogP contribution in [0.5, 0.6) is 0 Å². The van der Waals surface area contributed by atoms with E-state index < -0.39 is 0 Å². The van der Waals surface area contributed by atoms with E-state index in [1.165, 1.54) is 0 Å². The zero-order chi connectivity index (χ0) is 12.1. The Balaban J connectivity index is 2.35. The average molecular weight is 224 g/mol. The summed E-state index contributed by atoms with van der Waals surface area (Å²) in [6.45, 7) is 4.72. The number of aromatic nitrogens is 2. The molecule has 0 bridgehead atoms. The Morgan fingerprint density at radius 3 is 2.81 bits per heavy atom. The van der Waals surface area contributed by atoms with Crippen molar-refractivity contribution in [3.63, 3.8) is 0 Å². The Hall–Kier alpha value is -1.36. The second-order valence-corrected chi connectivity index (χ2v) is 4.47. The van der Waals surface area contributed by atoms with Gasteiger partial charge in [0.05, 0.1) is 0 Å². The molecule has 0 aliphatic rings. The number of nitrogens with zero attached hydrogens (tertiary/aromatic N) is 2. The molecule has 16 heavy (non-hydrogen) atoms. The minimum atomic E-state index is -0.167. The maximum absolute atomic E-state index is 11.6. The highest BCUT2D eigenvalue weighted by Crippen LogP contribution is 2.02. The first kappa shape index (κ1) is 12.7.